The number of piperidine rings is 1. The van der Waals surface area contributed by atoms with Crippen LogP contribution in [-0.2, 0) is 6.54 Å². The summed E-state index contributed by atoms with van der Waals surface area (Å²) in [4.78, 5) is 24.3. The number of nitrogens with two attached hydrogens (primary N) is 1. The zero-order valence-electron chi connectivity index (χ0n) is 21.2. The van der Waals surface area contributed by atoms with Gasteiger partial charge in [0.15, 0.2) is 5.82 Å². The molecule has 0 saturated carbocycles. The largest absolute Gasteiger partial charge is 0.470 e. The van der Waals surface area contributed by atoms with Crippen molar-refractivity contribution in [3.63, 3.8) is 0 Å². The van der Waals surface area contributed by atoms with Crippen LogP contribution in [0.1, 0.15) is 38.3 Å². The summed E-state index contributed by atoms with van der Waals surface area (Å²) in [7, 11) is 0. The van der Waals surface area contributed by atoms with E-state index in [1.54, 1.807) is 6.07 Å². The zero-order valence-corrected chi connectivity index (χ0v) is 21.2. The van der Waals surface area contributed by atoms with Gasteiger partial charge in [-0.15, -0.1) is 0 Å². The molecule has 0 radical (unpaired) electrons. The van der Waals surface area contributed by atoms with Gasteiger partial charge < -0.3 is 10.5 Å². The molecule has 0 bridgehead atoms. The fourth-order valence-corrected chi connectivity index (χ4v) is 4.67. The van der Waals surface area contributed by atoms with Gasteiger partial charge in [0.2, 0.25) is 0 Å². The van der Waals surface area contributed by atoms with E-state index in [0.717, 1.165) is 38.0 Å². The molecule has 5 rings (SSSR count). The summed E-state index contributed by atoms with van der Waals surface area (Å²) in [6.45, 7) is 6.52. The standard InChI is InChI=1S/C29H32N6O2/c1-20(2)35-25(36)16-15-24(33-35)27-26(22-12-7-4-8-13-22)31-28(30)29(32-27)37-23-14-9-17-34(19-23)18-21-10-5-3-6-11-21/h3-8,10-13,15-16,20,23H,9,14,17-19H2,1-2H3,(H2,30,31). The third-order valence-corrected chi connectivity index (χ3v) is 6.48. The van der Waals surface area contributed by atoms with Crippen LogP contribution in [0.15, 0.2) is 77.6 Å². The quantitative estimate of drug-likeness (QED) is 0.400. The van der Waals surface area contributed by atoms with Gasteiger partial charge in [-0.1, -0.05) is 60.7 Å². The molecule has 1 atom stereocenters. The Bertz CT molecular complexity index is 1410. The minimum Gasteiger partial charge on any atom is -0.470 e. The van der Waals surface area contributed by atoms with Crippen molar-refractivity contribution < 1.29 is 4.74 Å². The lowest BCUT2D eigenvalue weighted by atomic mass is 10.1. The van der Waals surface area contributed by atoms with Gasteiger partial charge in [0.1, 0.15) is 23.2 Å². The molecule has 1 unspecified atom stereocenters. The van der Waals surface area contributed by atoms with Gasteiger partial charge in [-0.3, -0.25) is 9.69 Å². The average molecular weight is 497 g/mol. The van der Waals surface area contributed by atoms with Crippen LogP contribution in [-0.4, -0.2) is 43.8 Å². The molecule has 0 spiro atoms. The van der Waals surface area contributed by atoms with Crippen LogP contribution >= 0.6 is 0 Å². The van der Waals surface area contributed by atoms with Crippen molar-refractivity contribution in [2.45, 2.75) is 45.4 Å². The number of likely N-dealkylation sites (tertiary alicyclic amines) is 1. The molecule has 0 aliphatic carbocycles. The van der Waals surface area contributed by atoms with Gasteiger partial charge in [-0.25, -0.2) is 14.6 Å². The van der Waals surface area contributed by atoms with Crippen LogP contribution in [0.25, 0.3) is 22.6 Å². The first-order chi connectivity index (χ1) is 18.0. The highest BCUT2D eigenvalue weighted by Gasteiger charge is 2.25. The number of nitrogens with zero attached hydrogens (tertiary/aromatic N) is 5. The highest BCUT2D eigenvalue weighted by atomic mass is 16.5. The molecule has 3 heterocycles. The van der Waals surface area contributed by atoms with Crippen molar-refractivity contribution in [3.8, 4) is 28.5 Å². The second-order valence-electron chi connectivity index (χ2n) is 9.68. The Morgan fingerprint density at radius 3 is 2.43 bits per heavy atom. The number of hydrogen-bond donors (Lipinski definition) is 1. The minimum absolute atomic E-state index is 0.0536. The van der Waals surface area contributed by atoms with Crippen LogP contribution in [0.3, 0.4) is 0 Å². The van der Waals surface area contributed by atoms with Gasteiger partial charge in [-0.2, -0.15) is 5.10 Å². The van der Waals surface area contributed by atoms with Gasteiger partial charge >= 0.3 is 0 Å². The van der Waals surface area contributed by atoms with Crippen molar-refractivity contribution in [1.29, 1.82) is 0 Å². The monoisotopic (exact) mass is 496 g/mol. The predicted molar refractivity (Wildman–Crippen MR) is 145 cm³/mol. The fourth-order valence-electron chi connectivity index (χ4n) is 4.67. The Balaban J connectivity index is 1.47. The zero-order chi connectivity index (χ0) is 25.8. The average Bonchev–Trinajstić information content (AvgIpc) is 2.91. The summed E-state index contributed by atoms with van der Waals surface area (Å²) in [5.74, 6) is 0.533. The van der Waals surface area contributed by atoms with Crippen molar-refractivity contribution in [2.24, 2.45) is 0 Å². The smallest absolute Gasteiger partial charge is 0.267 e. The Labute approximate surface area is 216 Å². The predicted octanol–water partition coefficient (Wildman–Crippen LogP) is 4.57. The van der Waals surface area contributed by atoms with Crippen LogP contribution in [0.2, 0.25) is 0 Å². The van der Waals surface area contributed by atoms with Crippen LogP contribution in [0.4, 0.5) is 5.82 Å². The molecule has 2 aromatic heterocycles. The SMILES string of the molecule is CC(C)n1nc(-c2nc(OC3CCCN(Cc4ccccc4)C3)c(N)nc2-c2ccccc2)ccc1=O. The molecular weight excluding hydrogens is 464 g/mol. The Hall–Kier alpha value is -4.04. The number of hydrogen-bond acceptors (Lipinski definition) is 7. The van der Waals surface area contributed by atoms with E-state index in [9.17, 15) is 4.79 Å². The molecule has 190 valence electrons. The van der Waals surface area contributed by atoms with E-state index in [4.69, 9.17) is 20.4 Å². The van der Waals surface area contributed by atoms with E-state index in [0.29, 0.717) is 23.0 Å². The second-order valence-corrected chi connectivity index (χ2v) is 9.68. The number of benzene rings is 2. The van der Waals surface area contributed by atoms with Gasteiger partial charge in [0, 0.05) is 24.7 Å². The molecule has 4 aromatic rings. The maximum Gasteiger partial charge on any atom is 0.267 e. The molecular formula is C29H32N6O2. The molecule has 8 heteroatoms. The third-order valence-electron chi connectivity index (χ3n) is 6.48. The van der Waals surface area contributed by atoms with E-state index in [1.807, 2.05) is 50.2 Å². The highest BCUT2D eigenvalue weighted by Crippen LogP contribution is 2.33. The fraction of sp³-hybridized carbons (Fsp3) is 0.310. The van der Waals surface area contributed by atoms with Crippen molar-refractivity contribution in [2.75, 3.05) is 18.8 Å². The van der Waals surface area contributed by atoms with Crippen molar-refractivity contribution in [1.82, 2.24) is 24.6 Å². The first-order valence-electron chi connectivity index (χ1n) is 12.7. The number of aromatic nitrogens is 4. The molecule has 0 amide bonds. The van der Waals surface area contributed by atoms with Crippen LogP contribution in [0, 0.1) is 0 Å². The van der Waals surface area contributed by atoms with Crippen LogP contribution < -0.4 is 16.0 Å². The lowest BCUT2D eigenvalue weighted by Gasteiger charge is -2.32. The number of nitrogen functional groups attached to an aromatic ring is 1. The lowest BCUT2D eigenvalue weighted by Crippen LogP contribution is -2.40. The highest BCUT2D eigenvalue weighted by molar-refractivity contribution is 5.77. The van der Waals surface area contributed by atoms with E-state index in [-0.39, 0.29) is 23.5 Å². The summed E-state index contributed by atoms with van der Waals surface area (Å²) >= 11 is 0. The first kappa shape index (κ1) is 24.6. The summed E-state index contributed by atoms with van der Waals surface area (Å²) in [5.41, 5.74) is 10.0. The molecule has 2 aromatic carbocycles. The summed E-state index contributed by atoms with van der Waals surface area (Å²) in [5, 5.41) is 4.60. The maximum absolute atomic E-state index is 12.4. The summed E-state index contributed by atoms with van der Waals surface area (Å²) in [6.07, 6.45) is 1.89. The first-order valence-corrected chi connectivity index (χ1v) is 12.7. The minimum atomic E-state index is -0.166. The normalized spacial score (nSPS) is 16.1. The molecule has 1 aliphatic rings. The van der Waals surface area contributed by atoms with Gasteiger partial charge in [-0.05, 0) is 44.9 Å². The van der Waals surface area contributed by atoms with Crippen molar-refractivity contribution in [3.05, 3.63) is 88.7 Å². The maximum atomic E-state index is 12.4. The Morgan fingerprint density at radius 1 is 0.973 bits per heavy atom. The van der Waals surface area contributed by atoms with Crippen LogP contribution in [0.5, 0.6) is 5.88 Å². The number of rotatable bonds is 7. The van der Waals surface area contributed by atoms with E-state index in [2.05, 4.69) is 34.3 Å². The lowest BCUT2D eigenvalue weighted by molar-refractivity contribution is 0.0813. The van der Waals surface area contributed by atoms with E-state index in [1.165, 1.54) is 16.3 Å². The summed E-state index contributed by atoms with van der Waals surface area (Å²) < 4.78 is 7.82. The molecule has 1 fully saturated rings. The van der Waals surface area contributed by atoms with Crippen molar-refractivity contribution >= 4 is 5.82 Å². The van der Waals surface area contributed by atoms with Gasteiger partial charge in [0.25, 0.3) is 11.4 Å². The summed E-state index contributed by atoms with van der Waals surface area (Å²) in [6, 6.07) is 23.3. The molecule has 8 nitrogen and oxygen atoms in total. The third kappa shape index (κ3) is 5.70. The molecule has 1 saturated heterocycles. The molecule has 37 heavy (non-hydrogen) atoms. The topological polar surface area (TPSA) is 99.2 Å². The number of ether oxygens (including phenoxy) is 1. The molecule has 2 N–H and O–H groups in total. The van der Waals surface area contributed by atoms with Gasteiger partial charge in [0.05, 0.1) is 6.04 Å². The van der Waals surface area contributed by atoms with E-state index < -0.39 is 0 Å². The van der Waals surface area contributed by atoms with E-state index >= 15 is 0 Å². The Kier molecular flexibility index (Phi) is 7.28. The Morgan fingerprint density at radius 2 is 1.70 bits per heavy atom. The second kappa shape index (κ2) is 10.9. The number of anilines is 1. The molecule has 1 aliphatic heterocycles.